The van der Waals surface area contributed by atoms with E-state index in [1.165, 1.54) is 0 Å². The molecule has 1 atom stereocenters. The minimum Gasteiger partial charge on any atom is -0.386 e. The summed E-state index contributed by atoms with van der Waals surface area (Å²) in [6, 6.07) is 0. The van der Waals surface area contributed by atoms with Crippen LogP contribution in [0, 0.1) is 0 Å². The van der Waals surface area contributed by atoms with Crippen LogP contribution in [0.3, 0.4) is 0 Å². The predicted octanol–water partition coefficient (Wildman–Crippen LogP) is -0.278. The van der Waals surface area contributed by atoms with Gasteiger partial charge < -0.3 is 9.59 Å². The first-order valence-corrected chi connectivity index (χ1v) is 6.22. The van der Waals surface area contributed by atoms with E-state index in [2.05, 4.69) is 0 Å². The Labute approximate surface area is 85.7 Å². The molecule has 0 amide bonds. The van der Waals surface area contributed by atoms with Crippen LogP contribution in [0.25, 0.3) is 0 Å². The minimum atomic E-state index is -4.07. The van der Waals surface area contributed by atoms with E-state index in [9.17, 15) is 13.5 Å². The highest BCUT2D eigenvalue weighted by molar-refractivity contribution is 7.85. The summed E-state index contributed by atoms with van der Waals surface area (Å²) in [6.45, 7) is 3.21. The van der Waals surface area contributed by atoms with Crippen LogP contribution in [0.5, 0.6) is 0 Å². The first kappa shape index (κ1) is 13.8. The summed E-state index contributed by atoms with van der Waals surface area (Å²) in [5.41, 5.74) is 0. The fourth-order valence-electron chi connectivity index (χ4n) is 1.56. The molecule has 6 heteroatoms. The number of nitrogens with zero attached hydrogens (tertiary/aromatic N) is 1. The monoisotopic (exact) mass is 226 g/mol. The van der Waals surface area contributed by atoms with E-state index in [-0.39, 0.29) is 0 Å². The zero-order valence-corrected chi connectivity index (χ0v) is 9.79. The summed E-state index contributed by atoms with van der Waals surface area (Å²) in [5, 5.41) is 9.39. The molecule has 86 valence electrons. The number of hydrogen-bond donors (Lipinski definition) is 2. The molecule has 0 aliphatic rings. The standard InChI is InChI=1S/C8H19NO4S/c1-4-5-9(2,3)6-8(10)7-14(11,12)13/h8,10H,4-7H2,1-3H3/p+1. The largest absolute Gasteiger partial charge is 0.386 e. The second-order valence-electron chi connectivity index (χ2n) is 4.24. The quantitative estimate of drug-likeness (QED) is 0.482. The number of likely N-dealkylation sites (N-methyl/N-ethyl adjacent to an activating group) is 1. The molecular formula is C8H20NO4S+. The average molecular weight is 226 g/mol. The molecule has 0 aromatic heterocycles. The third-order valence-corrected chi connectivity index (χ3v) is 2.74. The Bertz CT molecular complexity index is 261. The molecule has 0 bridgehead atoms. The lowest BCUT2D eigenvalue weighted by atomic mass is 10.3. The molecular weight excluding hydrogens is 206 g/mol. The Hall–Kier alpha value is -0.170. The van der Waals surface area contributed by atoms with E-state index in [4.69, 9.17) is 4.55 Å². The van der Waals surface area contributed by atoms with E-state index in [0.717, 1.165) is 13.0 Å². The average Bonchev–Trinajstić information content (AvgIpc) is 1.78. The molecule has 0 saturated heterocycles. The molecule has 0 aliphatic heterocycles. The molecule has 0 spiro atoms. The van der Waals surface area contributed by atoms with Gasteiger partial charge in [0.2, 0.25) is 0 Å². The van der Waals surface area contributed by atoms with Gasteiger partial charge in [-0.2, -0.15) is 8.42 Å². The van der Waals surface area contributed by atoms with Crippen LogP contribution in [0.15, 0.2) is 0 Å². The minimum absolute atomic E-state index is 0.327. The van der Waals surface area contributed by atoms with Gasteiger partial charge in [-0.1, -0.05) is 6.92 Å². The SMILES string of the molecule is CCC[N+](C)(C)CC(O)CS(=O)(=O)O. The molecule has 0 aromatic carbocycles. The van der Waals surface area contributed by atoms with Crippen LogP contribution >= 0.6 is 0 Å². The smallest absolute Gasteiger partial charge is 0.267 e. The first-order valence-electron chi connectivity index (χ1n) is 4.61. The molecule has 0 aromatic rings. The summed E-state index contributed by atoms with van der Waals surface area (Å²) in [6.07, 6.45) is -0.0439. The van der Waals surface area contributed by atoms with Crippen LogP contribution in [-0.4, -0.2) is 61.6 Å². The molecule has 0 radical (unpaired) electrons. The van der Waals surface area contributed by atoms with Gasteiger partial charge >= 0.3 is 0 Å². The second-order valence-corrected chi connectivity index (χ2v) is 5.74. The lowest BCUT2D eigenvalue weighted by molar-refractivity contribution is -0.893. The maximum atomic E-state index is 10.5. The first-order chi connectivity index (χ1) is 6.16. The van der Waals surface area contributed by atoms with Crippen molar-refractivity contribution in [3.05, 3.63) is 0 Å². The maximum Gasteiger partial charge on any atom is 0.267 e. The lowest BCUT2D eigenvalue weighted by Gasteiger charge is -2.31. The fraction of sp³-hybridized carbons (Fsp3) is 1.00. The molecule has 1 unspecified atom stereocenters. The molecule has 2 N–H and O–H groups in total. The number of hydrogen-bond acceptors (Lipinski definition) is 3. The Kier molecular flexibility index (Phi) is 5.00. The normalized spacial score (nSPS) is 15.5. The van der Waals surface area contributed by atoms with Gasteiger partial charge in [-0.25, -0.2) is 0 Å². The Balaban J connectivity index is 4.12. The highest BCUT2D eigenvalue weighted by Crippen LogP contribution is 2.03. The number of rotatable bonds is 6. The van der Waals surface area contributed by atoms with Gasteiger partial charge in [-0.05, 0) is 6.42 Å². The summed E-state index contributed by atoms with van der Waals surface area (Å²) < 4.78 is 30.0. The van der Waals surface area contributed by atoms with Crippen molar-refractivity contribution in [1.29, 1.82) is 0 Å². The third-order valence-electron chi connectivity index (χ3n) is 1.94. The molecule has 0 fully saturated rings. The number of aliphatic hydroxyl groups excluding tert-OH is 1. The van der Waals surface area contributed by atoms with E-state index in [0.29, 0.717) is 11.0 Å². The maximum absolute atomic E-state index is 10.5. The fourth-order valence-corrected chi connectivity index (χ4v) is 2.15. The number of quaternary nitrogens is 1. The van der Waals surface area contributed by atoms with Gasteiger partial charge in [0.15, 0.2) is 0 Å². The van der Waals surface area contributed by atoms with Crippen LogP contribution < -0.4 is 0 Å². The third kappa shape index (κ3) is 7.25. The van der Waals surface area contributed by atoms with Gasteiger partial charge in [-0.3, -0.25) is 4.55 Å². The van der Waals surface area contributed by atoms with Crippen molar-refractivity contribution in [2.24, 2.45) is 0 Å². The topological polar surface area (TPSA) is 74.6 Å². The van der Waals surface area contributed by atoms with Crippen molar-refractivity contribution in [3.8, 4) is 0 Å². The highest BCUT2D eigenvalue weighted by Gasteiger charge is 2.23. The number of aliphatic hydroxyl groups is 1. The Morgan fingerprint density at radius 2 is 1.86 bits per heavy atom. The summed E-state index contributed by atoms with van der Waals surface area (Å²) in [4.78, 5) is 0. The Morgan fingerprint density at radius 1 is 1.36 bits per heavy atom. The van der Waals surface area contributed by atoms with E-state index < -0.39 is 22.0 Å². The molecule has 14 heavy (non-hydrogen) atoms. The van der Waals surface area contributed by atoms with E-state index in [1.807, 2.05) is 21.0 Å². The van der Waals surface area contributed by atoms with E-state index in [1.54, 1.807) is 0 Å². The lowest BCUT2D eigenvalue weighted by Crippen LogP contribution is -2.47. The van der Waals surface area contributed by atoms with Crippen molar-refractivity contribution in [2.45, 2.75) is 19.4 Å². The van der Waals surface area contributed by atoms with Gasteiger partial charge in [0, 0.05) is 0 Å². The van der Waals surface area contributed by atoms with E-state index >= 15 is 0 Å². The van der Waals surface area contributed by atoms with Gasteiger partial charge in [0.1, 0.15) is 18.4 Å². The van der Waals surface area contributed by atoms with Crippen molar-refractivity contribution >= 4 is 10.1 Å². The van der Waals surface area contributed by atoms with Crippen LogP contribution in [0.1, 0.15) is 13.3 Å². The summed E-state index contributed by atoms with van der Waals surface area (Å²) >= 11 is 0. The predicted molar refractivity (Wildman–Crippen MR) is 54.6 cm³/mol. The zero-order valence-electron chi connectivity index (χ0n) is 8.97. The van der Waals surface area contributed by atoms with Gasteiger partial charge in [-0.15, -0.1) is 0 Å². The molecule has 5 nitrogen and oxygen atoms in total. The summed E-state index contributed by atoms with van der Waals surface area (Å²) in [7, 11) is -0.244. The molecule has 0 heterocycles. The molecule has 0 rings (SSSR count). The van der Waals surface area contributed by atoms with Crippen molar-refractivity contribution in [2.75, 3.05) is 32.9 Å². The van der Waals surface area contributed by atoms with Crippen LogP contribution in [0.4, 0.5) is 0 Å². The van der Waals surface area contributed by atoms with Gasteiger partial charge in [0.25, 0.3) is 10.1 Å². The van der Waals surface area contributed by atoms with Crippen molar-refractivity contribution < 1.29 is 22.6 Å². The molecule has 0 aliphatic carbocycles. The van der Waals surface area contributed by atoms with Gasteiger partial charge in [0.05, 0.1) is 20.6 Å². The second kappa shape index (κ2) is 5.06. The van der Waals surface area contributed by atoms with Crippen LogP contribution in [0.2, 0.25) is 0 Å². The van der Waals surface area contributed by atoms with Crippen LogP contribution in [-0.2, 0) is 10.1 Å². The summed E-state index contributed by atoms with van der Waals surface area (Å²) in [5.74, 6) is -0.585. The highest BCUT2D eigenvalue weighted by atomic mass is 32.2. The molecule has 0 saturated carbocycles. The van der Waals surface area contributed by atoms with Crippen molar-refractivity contribution in [3.63, 3.8) is 0 Å². The Morgan fingerprint density at radius 3 is 2.21 bits per heavy atom. The zero-order chi connectivity index (χ0) is 11.4. The van der Waals surface area contributed by atoms with Crippen molar-refractivity contribution in [1.82, 2.24) is 0 Å².